The molecule has 2 aliphatic carbocycles. The van der Waals surface area contributed by atoms with Crippen molar-refractivity contribution in [2.75, 3.05) is 0 Å². The van der Waals surface area contributed by atoms with Crippen LogP contribution in [-0.4, -0.2) is 27.8 Å². The number of rotatable bonds is 5. The van der Waals surface area contributed by atoms with E-state index >= 15 is 0 Å². The van der Waals surface area contributed by atoms with E-state index in [0.717, 1.165) is 43.4 Å². The summed E-state index contributed by atoms with van der Waals surface area (Å²) in [5.74, 6) is -0.795. The van der Waals surface area contributed by atoms with Crippen LogP contribution in [0.15, 0.2) is 29.2 Å². The molecular formula is C20H27NO3S. The molecule has 0 atom stereocenters. The van der Waals surface area contributed by atoms with Crippen molar-refractivity contribution in [3.63, 3.8) is 0 Å². The summed E-state index contributed by atoms with van der Waals surface area (Å²) in [6.45, 7) is 2.07. The first kappa shape index (κ1) is 18.3. The Balaban J connectivity index is 1.63. The fourth-order valence-corrected chi connectivity index (χ4v) is 5.32. The average molecular weight is 362 g/mol. The van der Waals surface area contributed by atoms with Crippen LogP contribution in [0.1, 0.15) is 56.9 Å². The van der Waals surface area contributed by atoms with Gasteiger partial charge in [-0.1, -0.05) is 30.5 Å². The summed E-state index contributed by atoms with van der Waals surface area (Å²) in [7, 11) is 0. The second-order valence-electron chi connectivity index (χ2n) is 7.48. The lowest BCUT2D eigenvalue weighted by Gasteiger charge is -2.32. The van der Waals surface area contributed by atoms with Gasteiger partial charge in [0.1, 0.15) is 0 Å². The molecule has 1 amide bonds. The molecule has 0 heterocycles. The van der Waals surface area contributed by atoms with E-state index in [1.54, 1.807) is 11.8 Å². The highest BCUT2D eigenvalue weighted by atomic mass is 32.2. The lowest BCUT2D eigenvalue weighted by atomic mass is 9.86. The maximum absolute atomic E-state index is 13.1. The number of benzene rings is 1. The molecule has 1 aromatic rings. The van der Waals surface area contributed by atoms with E-state index in [1.807, 2.05) is 0 Å². The van der Waals surface area contributed by atoms with Gasteiger partial charge in [-0.25, -0.2) is 0 Å². The van der Waals surface area contributed by atoms with Gasteiger partial charge in [-0.3, -0.25) is 9.59 Å². The Morgan fingerprint density at radius 2 is 1.68 bits per heavy atom. The molecule has 0 bridgehead atoms. The Hall–Kier alpha value is -1.49. The Morgan fingerprint density at radius 3 is 2.24 bits per heavy atom. The molecule has 4 nitrogen and oxygen atoms in total. The quantitative estimate of drug-likeness (QED) is 0.826. The van der Waals surface area contributed by atoms with Crippen molar-refractivity contribution in [2.24, 2.45) is 5.92 Å². The number of aliphatic carboxylic acids is 1. The van der Waals surface area contributed by atoms with Crippen LogP contribution in [0.25, 0.3) is 0 Å². The van der Waals surface area contributed by atoms with Crippen molar-refractivity contribution in [3.8, 4) is 0 Å². The molecule has 2 fully saturated rings. The third-order valence-electron chi connectivity index (χ3n) is 5.57. The number of thioether (sulfide) groups is 1. The maximum atomic E-state index is 13.1. The molecule has 0 unspecified atom stereocenters. The first-order valence-corrected chi connectivity index (χ1v) is 10.1. The van der Waals surface area contributed by atoms with E-state index in [-0.39, 0.29) is 22.6 Å². The van der Waals surface area contributed by atoms with Gasteiger partial charge in [0.05, 0.1) is 10.7 Å². The van der Waals surface area contributed by atoms with Crippen LogP contribution in [-0.2, 0) is 9.59 Å². The predicted octanol–water partition coefficient (Wildman–Crippen LogP) is 4.16. The molecule has 0 saturated heterocycles. The Kier molecular flexibility index (Phi) is 5.72. The molecule has 1 aromatic carbocycles. The molecule has 25 heavy (non-hydrogen) atoms. The van der Waals surface area contributed by atoms with Crippen LogP contribution in [0.5, 0.6) is 0 Å². The van der Waals surface area contributed by atoms with Crippen LogP contribution in [0, 0.1) is 12.8 Å². The van der Waals surface area contributed by atoms with E-state index in [9.17, 15) is 9.59 Å². The number of carbonyl (C=O) groups excluding carboxylic acids is 1. The molecule has 0 aromatic heterocycles. The van der Waals surface area contributed by atoms with Gasteiger partial charge in [0.25, 0.3) is 0 Å². The van der Waals surface area contributed by atoms with Crippen LogP contribution in [0.4, 0.5) is 0 Å². The fraction of sp³-hybridized carbons (Fsp3) is 0.600. The largest absolute Gasteiger partial charge is 0.481 e. The van der Waals surface area contributed by atoms with E-state index < -0.39 is 5.97 Å². The molecule has 2 N–H and O–H groups in total. The van der Waals surface area contributed by atoms with Gasteiger partial charge in [0, 0.05) is 10.9 Å². The lowest BCUT2D eigenvalue weighted by molar-refractivity contribution is -0.142. The number of amides is 1. The summed E-state index contributed by atoms with van der Waals surface area (Å²) >= 11 is 1.70. The average Bonchev–Trinajstić information content (AvgIpc) is 3.07. The number of hydrogen-bond donors (Lipinski definition) is 2. The first-order valence-electron chi connectivity index (χ1n) is 9.28. The minimum atomic E-state index is -0.702. The summed E-state index contributed by atoms with van der Waals surface area (Å²) in [4.78, 5) is 25.3. The molecule has 0 aliphatic heterocycles. The summed E-state index contributed by atoms with van der Waals surface area (Å²) in [6, 6.07) is 8.52. The number of aryl methyl sites for hydroxylation is 1. The second kappa shape index (κ2) is 7.81. The molecule has 0 radical (unpaired) electrons. The summed E-state index contributed by atoms with van der Waals surface area (Å²) in [6.07, 6.45) is 6.90. The molecule has 2 saturated carbocycles. The van der Waals surface area contributed by atoms with Gasteiger partial charge in [-0.2, -0.15) is 0 Å². The number of hydrogen-bond acceptors (Lipinski definition) is 3. The van der Waals surface area contributed by atoms with Crippen molar-refractivity contribution in [1.29, 1.82) is 0 Å². The van der Waals surface area contributed by atoms with E-state index in [2.05, 4.69) is 36.5 Å². The zero-order chi connectivity index (χ0) is 17.9. The van der Waals surface area contributed by atoms with Gasteiger partial charge in [0.2, 0.25) is 5.91 Å². The van der Waals surface area contributed by atoms with E-state index in [1.165, 1.54) is 5.56 Å². The fourth-order valence-electron chi connectivity index (χ4n) is 3.96. The van der Waals surface area contributed by atoms with Crippen molar-refractivity contribution in [3.05, 3.63) is 29.8 Å². The lowest BCUT2D eigenvalue weighted by Crippen LogP contribution is -2.48. The smallest absolute Gasteiger partial charge is 0.306 e. The van der Waals surface area contributed by atoms with Crippen LogP contribution in [0.3, 0.4) is 0 Å². The van der Waals surface area contributed by atoms with E-state index in [0.29, 0.717) is 12.8 Å². The van der Waals surface area contributed by atoms with Crippen LogP contribution >= 0.6 is 11.8 Å². The Morgan fingerprint density at radius 1 is 1.08 bits per heavy atom. The summed E-state index contributed by atoms with van der Waals surface area (Å²) < 4.78 is -0.362. The van der Waals surface area contributed by atoms with Crippen molar-refractivity contribution in [1.82, 2.24) is 5.32 Å². The van der Waals surface area contributed by atoms with Crippen LogP contribution < -0.4 is 5.32 Å². The van der Waals surface area contributed by atoms with Gasteiger partial charge >= 0.3 is 5.97 Å². The second-order valence-corrected chi connectivity index (χ2v) is 8.93. The number of nitrogens with one attached hydrogen (secondary N) is 1. The highest BCUT2D eigenvalue weighted by Gasteiger charge is 2.43. The van der Waals surface area contributed by atoms with Crippen LogP contribution in [0.2, 0.25) is 0 Å². The number of carbonyl (C=O) groups is 2. The summed E-state index contributed by atoms with van der Waals surface area (Å²) in [5.41, 5.74) is 1.23. The van der Waals surface area contributed by atoms with Crippen molar-refractivity contribution >= 4 is 23.6 Å². The predicted molar refractivity (Wildman–Crippen MR) is 99.8 cm³/mol. The topological polar surface area (TPSA) is 66.4 Å². The van der Waals surface area contributed by atoms with Crippen molar-refractivity contribution < 1.29 is 14.7 Å². The number of carboxylic acid groups (broad SMARTS) is 1. The monoisotopic (exact) mass is 361 g/mol. The SMILES string of the molecule is Cc1ccc(SC2(C(=O)NC3CCC(C(=O)O)CC3)CCCC2)cc1. The third kappa shape index (κ3) is 4.38. The minimum absolute atomic E-state index is 0.124. The van der Waals surface area contributed by atoms with E-state index in [4.69, 9.17) is 5.11 Å². The molecule has 5 heteroatoms. The molecule has 136 valence electrons. The Labute approximate surface area is 153 Å². The van der Waals surface area contributed by atoms with Crippen molar-refractivity contribution in [2.45, 2.75) is 74.0 Å². The first-order chi connectivity index (χ1) is 12.0. The zero-order valence-electron chi connectivity index (χ0n) is 14.8. The molecule has 3 rings (SSSR count). The van der Waals surface area contributed by atoms with Gasteiger partial charge < -0.3 is 10.4 Å². The summed E-state index contributed by atoms with van der Waals surface area (Å²) in [5, 5.41) is 12.4. The highest BCUT2D eigenvalue weighted by Crippen LogP contribution is 2.45. The normalized spacial score (nSPS) is 25.5. The maximum Gasteiger partial charge on any atom is 0.306 e. The third-order valence-corrected chi connectivity index (χ3v) is 7.06. The van der Waals surface area contributed by atoms with Gasteiger partial charge in [-0.15, -0.1) is 11.8 Å². The van der Waals surface area contributed by atoms with Gasteiger partial charge in [-0.05, 0) is 57.6 Å². The Bertz CT molecular complexity index is 614. The minimum Gasteiger partial charge on any atom is -0.481 e. The molecule has 2 aliphatic rings. The molecule has 0 spiro atoms. The molecular weight excluding hydrogens is 334 g/mol. The van der Waals surface area contributed by atoms with Gasteiger partial charge in [0.15, 0.2) is 0 Å². The number of carboxylic acids is 1. The standard InChI is InChI=1S/C20H27NO3S/c1-14-4-10-17(11-5-14)25-20(12-2-3-13-20)19(24)21-16-8-6-15(7-9-16)18(22)23/h4-5,10-11,15-16H,2-3,6-9,12-13H2,1H3,(H,21,24)(H,22,23). The zero-order valence-corrected chi connectivity index (χ0v) is 15.6. The highest BCUT2D eigenvalue weighted by molar-refractivity contribution is 8.01.